The van der Waals surface area contributed by atoms with Gasteiger partial charge in [0.25, 0.3) is 0 Å². The molecule has 0 radical (unpaired) electrons. The van der Waals surface area contributed by atoms with Crippen molar-refractivity contribution in [3.63, 3.8) is 0 Å². The Kier molecular flexibility index (Phi) is 7.20. The number of hydrogen-bond acceptors (Lipinski definition) is 2. The van der Waals surface area contributed by atoms with E-state index in [1.807, 2.05) is 7.05 Å². The number of rotatable bonds is 8. The van der Waals surface area contributed by atoms with E-state index in [9.17, 15) is 0 Å². The lowest BCUT2D eigenvalue weighted by molar-refractivity contribution is 0.00975. The van der Waals surface area contributed by atoms with Gasteiger partial charge < -0.3 is 10.1 Å². The van der Waals surface area contributed by atoms with Crippen LogP contribution in [0, 0.1) is 11.8 Å². The number of hydrogen-bond donors (Lipinski definition) is 1. The highest BCUT2D eigenvalue weighted by Crippen LogP contribution is 2.23. The fourth-order valence-corrected chi connectivity index (χ4v) is 1.91. The molecule has 0 aromatic heterocycles. The van der Waals surface area contributed by atoms with Crippen molar-refractivity contribution >= 4 is 0 Å². The van der Waals surface area contributed by atoms with Gasteiger partial charge in [-0.2, -0.15) is 0 Å². The maximum Gasteiger partial charge on any atom is 0.0622 e. The average molecular weight is 215 g/mol. The average Bonchev–Trinajstić information content (AvgIpc) is 2.14. The van der Waals surface area contributed by atoms with Gasteiger partial charge in [-0.3, -0.25) is 0 Å². The second-order valence-corrected chi connectivity index (χ2v) is 5.56. The summed E-state index contributed by atoms with van der Waals surface area (Å²) in [6, 6.07) is 0. The van der Waals surface area contributed by atoms with E-state index in [0.717, 1.165) is 24.8 Å². The predicted octanol–water partition coefficient (Wildman–Crippen LogP) is 3.07. The molecule has 1 atom stereocenters. The fourth-order valence-electron chi connectivity index (χ4n) is 1.91. The topological polar surface area (TPSA) is 21.3 Å². The zero-order valence-electron chi connectivity index (χ0n) is 11.4. The molecular weight excluding hydrogens is 186 g/mol. The van der Waals surface area contributed by atoms with Crippen LogP contribution >= 0.6 is 0 Å². The Morgan fingerprint density at radius 2 is 1.87 bits per heavy atom. The molecule has 0 bridgehead atoms. The van der Waals surface area contributed by atoms with Crippen molar-refractivity contribution in [2.45, 2.75) is 52.6 Å². The van der Waals surface area contributed by atoms with E-state index in [1.54, 1.807) is 7.11 Å². The third-order valence-electron chi connectivity index (χ3n) is 3.00. The van der Waals surface area contributed by atoms with Crippen molar-refractivity contribution in [2.75, 3.05) is 20.7 Å². The highest BCUT2D eigenvalue weighted by molar-refractivity contribution is 4.72. The normalized spacial score (nSPS) is 14.6. The second-order valence-electron chi connectivity index (χ2n) is 5.56. The standard InChI is InChI=1S/C13H29NO/c1-11(2)9-12(10-14-5)7-8-13(3,4)15-6/h11-12,14H,7-10H2,1-6H3. The van der Waals surface area contributed by atoms with Crippen molar-refractivity contribution in [3.05, 3.63) is 0 Å². The molecule has 92 valence electrons. The lowest BCUT2D eigenvalue weighted by Crippen LogP contribution is -2.26. The summed E-state index contributed by atoms with van der Waals surface area (Å²) in [6.45, 7) is 10.0. The number of methoxy groups -OCH3 is 1. The Bertz CT molecular complexity index is 155. The summed E-state index contributed by atoms with van der Waals surface area (Å²) in [5.74, 6) is 1.57. The first-order chi connectivity index (χ1) is 6.91. The number of nitrogens with one attached hydrogen (secondary N) is 1. The molecule has 1 unspecified atom stereocenters. The van der Waals surface area contributed by atoms with Gasteiger partial charge in [-0.25, -0.2) is 0 Å². The van der Waals surface area contributed by atoms with Crippen LogP contribution in [0.1, 0.15) is 47.0 Å². The van der Waals surface area contributed by atoms with Crippen LogP contribution in [0.3, 0.4) is 0 Å². The second kappa shape index (κ2) is 7.24. The predicted molar refractivity (Wildman–Crippen MR) is 67.2 cm³/mol. The lowest BCUT2D eigenvalue weighted by Gasteiger charge is -2.26. The summed E-state index contributed by atoms with van der Waals surface area (Å²) in [7, 11) is 3.84. The van der Waals surface area contributed by atoms with Gasteiger partial charge in [0.1, 0.15) is 0 Å². The van der Waals surface area contributed by atoms with E-state index in [4.69, 9.17) is 4.74 Å². The summed E-state index contributed by atoms with van der Waals surface area (Å²) in [4.78, 5) is 0. The highest BCUT2D eigenvalue weighted by Gasteiger charge is 2.19. The van der Waals surface area contributed by atoms with Crippen molar-refractivity contribution < 1.29 is 4.74 Å². The van der Waals surface area contributed by atoms with Crippen LogP contribution < -0.4 is 5.32 Å². The molecule has 0 heterocycles. The molecule has 0 saturated carbocycles. The monoisotopic (exact) mass is 215 g/mol. The first-order valence-corrected chi connectivity index (χ1v) is 6.11. The van der Waals surface area contributed by atoms with Gasteiger partial charge >= 0.3 is 0 Å². The van der Waals surface area contributed by atoms with Crippen LogP contribution in [0.2, 0.25) is 0 Å². The highest BCUT2D eigenvalue weighted by atomic mass is 16.5. The van der Waals surface area contributed by atoms with Crippen LogP contribution in [0.5, 0.6) is 0 Å². The van der Waals surface area contributed by atoms with E-state index in [2.05, 4.69) is 33.0 Å². The summed E-state index contributed by atoms with van der Waals surface area (Å²) < 4.78 is 5.45. The smallest absolute Gasteiger partial charge is 0.0622 e. The van der Waals surface area contributed by atoms with Crippen LogP contribution in [0.4, 0.5) is 0 Å². The molecule has 0 aliphatic rings. The molecule has 2 heteroatoms. The SMILES string of the molecule is CNCC(CCC(C)(C)OC)CC(C)C. The summed E-state index contributed by atoms with van der Waals surface area (Å²) in [5.41, 5.74) is 0.0307. The molecular formula is C13H29NO. The molecule has 0 rings (SSSR count). The molecule has 0 aromatic carbocycles. The van der Waals surface area contributed by atoms with E-state index in [1.165, 1.54) is 12.8 Å². The Morgan fingerprint density at radius 3 is 2.27 bits per heavy atom. The maximum absolute atomic E-state index is 5.45. The van der Waals surface area contributed by atoms with Crippen LogP contribution in [0.15, 0.2) is 0 Å². The van der Waals surface area contributed by atoms with Crippen molar-refractivity contribution in [3.8, 4) is 0 Å². The third kappa shape index (κ3) is 7.80. The van der Waals surface area contributed by atoms with Crippen LogP contribution in [-0.4, -0.2) is 26.3 Å². The minimum Gasteiger partial charge on any atom is -0.379 e. The third-order valence-corrected chi connectivity index (χ3v) is 3.00. The zero-order chi connectivity index (χ0) is 11.9. The minimum absolute atomic E-state index is 0.0307. The van der Waals surface area contributed by atoms with E-state index >= 15 is 0 Å². The summed E-state index contributed by atoms with van der Waals surface area (Å²) in [5, 5.41) is 3.29. The molecule has 0 saturated heterocycles. The molecule has 0 aromatic rings. The van der Waals surface area contributed by atoms with Crippen molar-refractivity contribution in [2.24, 2.45) is 11.8 Å². The van der Waals surface area contributed by atoms with E-state index in [0.29, 0.717) is 0 Å². The molecule has 15 heavy (non-hydrogen) atoms. The van der Waals surface area contributed by atoms with Gasteiger partial charge in [-0.05, 0) is 58.5 Å². The first-order valence-electron chi connectivity index (χ1n) is 6.11. The molecule has 1 N–H and O–H groups in total. The largest absolute Gasteiger partial charge is 0.379 e. The number of ether oxygens (including phenoxy) is 1. The zero-order valence-corrected chi connectivity index (χ0v) is 11.4. The van der Waals surface area contributed by atoms with E-state index in [-0.39, 0.29) is 5.60 Å². The summed E-state index contributed by atoms with van der Waals surface area (Å²) >= 11 is 0. The van der Waals surface area contributed by atoms with Gasteiger partial charge in [0, 0.05) is 7.11 Å². The Morgan fingerprint density at radius 1 is 1.27 bits per heavy atom. The molecule has 0 fully saturated rings. The maximum atomic E-state index is 5.45. The molecule has 0 aliphatic heterocycles. The van der Waals surface area contributed by atoms with Gasteiger partial charge in [-0.1, -0.05) is 13.8 Å². The van der Waals surface area contributed by atoms with Crippen LogP contribution in [0.25, 0.3) is 0 Å². The minimum atomic E-state index is 0.0307. The molecule has 2 nitrogen and oxygen atoms in total. The fraction of sp³-hybridized carbons (Fsp3) is 1.00. The first kappa shape index (κ1) is 14.9. The molecule has 0 spiro atoms. The Labute approximate surface area is 95.8 Å². The van der Waals surface area contributed by atoms with Gasteiger partial charge in [0.2, 0.25) is 0 Å². The van der Waals surface area contributed by atoms with Crippen LogP contribution in [-0.2, 0) is 4.74 Å². The van der Waals surface area contributed by atoms with Gasteiger partial charge in [0.15, 0.2) is 0 Å². The Balaban J connectivity index is 3.94. The Hall–Kier alpha value is -0.0800. The summed E-state index contributed by atoms with van der Waals surface area (Å²) in [6.07, 6.45) is 3.70. The lowest BCUT2D eigenvalue weighted by atomic mass is 9.89. The van der Waals surface area contributed by atoms with Crippen molar-refractivity contribution in [1.82, 2.24) is 5.32 Å². The molecule has 0 amide bonds. The van der Waals surface area contributed by atoms with Gasteiger partial charge in [0.05, 0.1) is 5.60 Å². The van der Waals surface area contributed by atoms with E-state index < -0.39 is 0 Å². The quantitative estimate of drug-likeness (QED) is 0.672. The molecule has 0 aliphatic carbocycles. The van der Waals surface area contributed by atoms with Crippen molar-refractivity contribution in [1.29, 1.82) is 0 Å². The van der Waals surface area contributed by atoms with Gasteiger partial charge in [-0.15, -0.1) is 0 Å².